The van der Waals surface area contributed by atoms with Gasteiger partial charge < -0.3 is 0 Å². The molecule has 3 saturated carbocycles. The number of unbranched alkanes of at least 4 members (excludes halogenated alkanes) is 1. The molecule has 0 aromatic rings. The lowest BCUT2D eigenvalue weighted by Gasteiger charge is -2.57. The van der Waals surface area contributed by atoms with E-state index in [0.717, 1.165) is 37.0 Å². The van der Waals surface area contributed by atoms with Gasteiger partial charge in [-0.25, -0.2) is 0 Å². The van der Waals surface area contributed by atoms with Crippen LogP contribution in [0.25, 0.3) is 0 Å². The lowest BCUT2D eigenvalue weighted by atomic mass is 9.49. The molecule has 0 aromatic carbocycles. The molecule has 0 aliphatic heterocycles. The van der Waals surface area contributed by atoms with Gasteiger partial charge in [-0.3, -0.25) is 4.79 Å². The molecule has 0 amide bonds. The van der Waals surface area contributed by atoms with Crippen LogP contribution in [0.1, 0.15) is 78.6 Å². The third kappa shape index (κ3) is 2.95. The van der Waals surface area contributed by atoms with Crippen LogP contribution in [0, 0.1) is 47.3 Å². The first-order valence-electron chi connectivity index (χ1n) is 11.3. The number of terminal acetylenes is 1. The van der Waals surface area contributed by atoms with Crippen molar-refractivity contribution in [3.8, 4) is 12.3 Å². The molecule has 0 N–H and O–H groups in total. The van der Waals surface area contributed by atoms with Crippen LogP contribution in [-0.4, -0.2) is 16.3 Å². The van der Waals surface area contributed by atoms with Crippen molar-refractivity contribution in [3.05, 3.63) is 11.6 Å². The highest BCUT2D eigenvalue weighted by Crippen LogP contribution is 2.68. The summed E-state index contributed by atoms with van der Waals surface area (Å²) in [6, 6.07) is 0. The predicted octanol–water partition coefficient (Wildman–Crippen LogP) is 6.28. The molecule has 0 radical (unpaired) electrons. The fraction of sp³-hybridized carbons (Fsp3) is 0.800. The number of fused-ring (bicyclic) bond motifs is 5. The van der Waals surface area contributed by atoms with Gasteiger partial charge in [-0.15, -0.1) is 18.2 Å². The van der Waals surface area contributed by atoms with E-state index in [-0.39, 0.29) is 4.75 Å². The summed E-state index contributed by atoms with van der Waals surface area (Å²) in [5.41, 5.74) is 1.78. The van der Waals surface area contributed by atoms with Crippen LogP contribution in [-0.2, 0) is 4.79 Å². The molecule has 0 bridgehead atoms. The lowest BCUT2D eigenvalue weighted by Crippen LogP contribution is -2.53. The first kappa shape index (κ1) is 19.6. The normalized spacial score (nSPS) is 46.1. The van der Waals surface area contributed by atoms with Gasteiger partial charge in [-0.05, 0) is 91.8 Å². The molecular weight excluding hydrogens is 348 g/mol. The Morgan fingerprint density at radius 1 is 1.30 bits per heavy atom. The molecule has 2 heteroatoms. The maximum Gasteiger partial charge on any atom is 0.155 e. The summed E-state index contributed by atoms with van der Waals surface area (Å²) in [6.07, 6.45) is 19.0. The fourth-order valence-electron chi connectivity index (χ4n) is 7.50. The largest absolute Gasteiger partial charge is 0.295 e. The maximum absolute atomic E-state index is 12.0. The molecule has 5 unspecified atom stereocenters. The van der Waals surface area contributed by atoms with Crippen LogP contribution in [0.4, 0.5) is 0 Å². The second-order valence-electron chi connectivity index (χ2n) is 10.0. The Hall–Kier alpha value is -0.680. The quantitative estimate of drug-likeness (QED) is 0.419. The van der Waals surface area contributed by atoms with Crippen molar-refractivity contribution in [2.75, 3.05) is 5.75 Å². The Kier molecular flexibility index (Phi) is 5.30. The zero-order valence-electron chi connectivity index (χ0n) is 17.4. The van der Waals surface area contributed by atoms with Crippen LogP contribution in [0.3, 0.4) is 0 Å². The molecule has 7 atom stereocenters. The molecule has 0 heterocycles. The van der Waals surface area contributed by atoms with Crippen LogP contribution >= 0.6 is 11.8 Å². The third-order valence-corrected chi connectivity index (χ3v) is 10.6. The molecule has 1 nitrogen and oxygen atoms in total. The maximum atomic E-state index is 12.0. The van der Waals surface area contributed by atoms with Gasteiger partial charge in [0.1, 0.15) is 0 Å². The monoisotopic (exact) mass is 384 g/mol. The Morgan fingerprint density at radius 2 is 2.11 bits per heavy atom. The standard InChI is InChI=1S/C25H36OS/c1-5-7-14-27-25(6-2)13-11-22-23-17(3)15-18-16-19(26)8-9-20(18)21(23)10-12-24(22,25)4/h2,16-17,20-23H,5,7-15H2,1,3-4H3/t17?,20?,21?,22?,23?,24-,25+/m0/s1. The minimum absolute atomic E-state index is 0.0518. The summed E-state index contributed by atoms with van der Waals surface area (Å²) in [5, 5.41) is 0. The van der Waals surface area contributed by atoms with E-state index in [2.05, 4.69) is 38.5 Å². The SMILES string of the molecule is C#C[C@@]1(SCCCC)CCC2C3C(C)CC4=CC(=O)CCC4C3CC[C@@]21C. The van der Waals surface area contributed by atoms with E-state index >= 15 is 0 Å². The van der Waals surface area contributed by atoms with Gasteiger partial charge in [0.15, 0.2) is 5.78 Å². The molecule has 27 heavy (non-hydrogen) atoms. The van der Waals surface area contributed by atoms with Crippen molar-refractivity contribution in [1.82, 2.24) is 0 Å². The Balaban J connectivity index is 1.62. The van der Waals surface area contributed by atoms with E-state index in [1.165, 1.54) is 49.9 Å². The topological polar surface area (TPSA) is 17.1 Å². The van der Waals surface area contributed by atoms with Crippen LogP contribution in [0.5, 0.6) is 0 Å². The summed E-state index contributed by atoms with van der Waals surface area (Å²) in [4.78, 5) is 12.0. The fourth-order valence-corrected chi connectivity index (χ4v) is 9.21. The second-order valence-corrected chi connectivity index (χ2v) is 11.4. The highest BCUT2D eigenvalue weighted by molar-refractivity contribution is 8.00. The first-order valence-corrected chi connectivity index (χ1v) is 12.3. The third-order valence-electron chi connectivity index (χ3n) is 8.84. The number of allylic oxidation sites excluding steroid dienone is 1. The summed E-state index contributed by atoms with van der Waals surface area (Å²) in [7, 11) is 0. The van der Waals surface area contributed by atoms with Crippen molar-refractivity contribution in [1.29, 1.82) is 0 Å². The molecule has 4 rings (SSSR count). The van der Waals surface area contributed by atoms with Crippen LogP contribution in [0.2, 0.25) is 0 Å². The van der Waals surface area contributed by atoms with Crippen LogP contribution < -0.4 is 0 Å². The van der Waals surface area contributed by atoms with Crippen molar-refractivity contribution in [2.45, 2.75) is 83.3 Å². The number of carbonyl (C=O) groups excluding carboxylic acids is 1. The molecule has 4 aliphatic carbocycles. The minimum atomic E-state index is 0.0518. The number of ketones is 1. The smallest absolute Gasteiger partial charge is 0.155 e. The van der Waals surface area contributed by atoms with Gasteiger partial charge >= 0.3 is 0 Å². The van der Waals surface area contributed by atoms with Crippen molar-refractivity contribution in [3.63, 3.8) is 0 Å². The minimum Gasteiger partial charge on any atom is -0.295 e. The Labute approximate surface area is 170 Å². The van der Waals surface area contributed by atoms with Gasteiger partial charge in [-0.1, -0.05) is 38.7 Å². The Bertz CT molecular complexity index is 672. The molecule has 148 valence electrons. The van der Waals surface area contributed by atoms with Gasteiger partial charge in [-0.2, -0.15) is 0 Å². The summed E-state index contributed by atoms with van der Waals surface area (Å²) >= 11 is 2.11. The average Bonchev–Trinajstić information content (AvgIpc) is 2.94. The highest BCUT2D eigenvalue weighted by Gasteiger charge is 2.63. The van der Waals surface area contributed by atoms with Crippen molar-refractivity contribution in [2.24, 2.45) is 35.0 Å². The highest BCUT2D eigenvalue weighted by atomic mass is 32.2. The average molecular weight is 385 g/mol. The molecule has 0 saturated heterocycles. The number of hydrogen-bond donors (Lipinski definition) is 0. The van der Waals surface area contributed by atoms with Crippen LogP contribution in [0.15, 0.2) is 11.6 Å². The summed E-state index contributed by atoms with van der Waals surface area (Å²) < 4.78 is 0.0518. The van der Waals surface area contributed by atoms with Gasteiger partial charge in [0, 0.05) is 6.42 Å². The zero-order valence-corrected chi connectivity index (χ0v) is 18.2. The van der Waals surface area contributed by atoms with Crippen molar-refractivity contribution < 1.29 is 4.79 Å². The molecule has 3 fully saturated rings. The number of thioether (sulfide) groups is 1. The van der Waals surface area contributed by atoms with E-state index in [9.17, 15) is 4.79 Å². The van der Waals surface area contributed by atoms with Gasteiger partial charge in [0.2, 0.25) is 0 Å². The van der Waals surface area contributed by atoms with E-state index in [1.54, 1.807) is 0 Å². The summed E-state index contributed by atoms with van der Waals surface area (Å²) in [6.45, 7) is 7.28. The molecule has 0 spiro atoms. The van der Waals surface area contributed by atoms with Gasteiger partial charge in [0.05, 0.1) is 4.75 Å². The van der Waals surface area contributed by atoms with E-state index in [0.29, 0.717) is 23.0 Å². The molecule has 0 aromatic heterocycles. The van der Waals surface area contributed by atoms with E-state index in [1.807, 2.05) is 6.08 Å². The zero-order chi connectivity index (χ0) is 19.2. The number of hydrogen-bond acceptors (Lipinski definition) is 2. The molecule has 4 aliphatic rings. The molecular formula is C25H36OS. The lowest BCUT2D eigenvalue weighted by molar-refractivity contribution is -0.116. The second kappa shape index (κ2) is 7.29. The van der Waals surface area contributed by atoms with Crippen molar-refractivity contribution >= 4 is 17.5 Å². The van der Waals surface area contributed by atoms with E-state index in [4.69, 9.17) is 6.42 Å². The number of rotatable bonds is 4. The van der Waals surface area contributed by atoms with E-state index < -0.39 is 0 Å². The van der Waals surface area contributed by atoms with Gasteiger partial charge in [0.25, 0.3) is 0 Å². The first-order chi connectivity index (χ1) is 13.0. The predicted molar refractivity (Wildman–Crippen MR) is 116 cm³/mol. The Morgan fingerprint density at radius 3 is 2.85 bits per heavy atom. The number of carbonyl (C=O) groups is 1. The summed E-state index contributed by atoms with van der Waals surface area (Å²) in [5.74, 6) is 8.69.